The lowest BCUT2D eigenvalue weighted by Gasteiger charge is -2.23. The molecule has 1 aromatic heterocycles. The van der Waals surface area contributed by atoms with Crippen molar-refractivity contribution in [2.75, 3.05) is 17.2 Å². The van der Waals surface area contributed by atoms with Crippen molar-refractivity contribution < 1.29 is 28.7 Å². The largest absolute Gasteiger partial charge is 0.461 e. The van der Waals surface area contributed by atoms with Crippen LogP contribution in [-0.2, 0) is 25.5 Å². The number of fused-ring (bicyclic) bond motifs is 1. The van der Waals surface area contributed by atoms with Gasteiger partial charge in [0.1, 0.15) is 17.3 Å². The summed E-state index contributed by atoms with van der Waals surface area (Å²) in [6.45, 7) is 7.25. The van der Waals surface area contributed by atoms with E-state index in [4.69, 9.17) is 9.47 Å². The van der Waals surface area contributed by atoms with Gasteiger partial charge in [0.15, 0.2) is 0 Å². The molecule has 0 aliphatic heterocycles. The number of hydrogen-bond acceptors (Lipinski definition) is 6. The first-order valence-electron chi connectivity index (χ1n) is 14.5. The van der Waals surface area contributed by atoms with Gasteiger partial charge in [-0.2, -0.15) is 0 Å². The third-order valence-electron chi connectivity index (χ3n) is 7.03. The molecule has 42 heavy (non-hydrogen) atoms. The maximum absolute atomic E-state index is 13.4. The topological polar surface area (TPSA) is 139 Å². The molecule has 10 nitrogen and oxygen atoms in total. The molecule has 1 saturated carbocycles. The summed E-state index contributed by atoms with van der Waals surface area (Å²) < 4.78 is 10.5. The van der Waals surface area contributed by atoms with Crippen LogP contribution < -0.4 is 16.0 Å². The zero-order valence-corrected chi connectivity index (χ0v) is 24.7. The van der Waals surface area contributed by atoms with E-state index < -0.39 is 29.6 Å². The van der Waals surface area contributed by atoms with E-state index in [-0.39, 0.29) is 24.9 Å². The average Bonchev–Trinajstić information content (AvgIpc) is 3.37. The number of carbonyl (C=O) groups is 4. The van der Waals surface area contributed by atoms with Crippen molar-refractivity contribution in [2.45, 2.75) is 77.9 Å². The van der Waals surface area contributed by atoms with Gasteiger partial charge < -0.3 is 30.4 Å². The molecule has 1 heterocycles. The zero-order valence-electron chi connectivity index (χ0n) is 24.7. The molecule has 3 amide bonds. The smallest absolute Gasteiger partial charge is 0.408 e. The van der Waals surface area contributed by atoms with Crippen molar-refractivity contribution in [3.8, 4) is 0 Å². The Labute approximate surface area is 245 Å². The predicted octanol–water partition coefficient (Wildman–Crippen LogP) is 5.94. The van der Waals surface area contributed by atoms with Gasteiger partial charge >= 0.3 is 12.1 Å². The number of nitrogens with one attached hydrogen (secondary N) is 4. The predicted molar refractivity (Wildman–Crippen MR) is 161 cm³/mol. The fourth-order valence-corrected chi connectivity index (χ4v) is 4.99. The van der Waals surface area contributed by atoms with Crippen molar-refractivity contribution in [3.63, 3.8) is 0 Å². The van der Waals surface area contributed by atoms with Crippen LogP contribution in [-0.4, -0.2) is 47.1 Å². The van der Waals surface area contributed by atoms with Crippen LogP contribution >= 0.6 is 0 Å². The van der Waals surface area contributed by atoms with Crippen molar-refractivity contribution in [3.05, 3.63) is 59.8 Å². The molecule has 224 valence electrons. The van der Waals surface area contributed by atoms with Crippen LogP contribution in [0.1, 0.15) is 75.9 Å². The van der Waals surface area contributed by atoms with Gasteiger partial charge in [0.2, 0.25) is 11.8 Å². The number of aromatic amines is 1. The Morgan fingerprint density at radius 2 is 1.62 bits per heavy atom. The van der Waals surface area contributed by atoms with Gasteiger partial charge in [-0.25, -0.2) is 9.59 Å². The van der Waals surface area contributed by atoms with Gasteiger partial charge in [-0.05, 0) is 82.5 Å². The van der Waals surface area contributed by atoms with E-state index in [0.29, 0.717) is 17.1 Å². The van der Waals surface area contributed by atoms with Gasteiger partial charge in [-0.1, -0.05) is 31.4 Å². The van der Waals surface area contributed by atoms with Crippen LogP contribution in [0.25, 0.3) is 10.9 Å². The molecule has 1 atom stereocenters. The second-order valence-corrected chi connectivity index (χ2v) is 11.6. The monoisotopic (exact) mass is 576 g/mol. The minimum absolute atomic E-state index is 0.0417. The van der Waals surface area contributed by atoms with Crippen LogP contribution in [0.4, 0.5) is 16.2 Å². The lowest BCUT2D eigenvalue weighted by Crippen LogP contribution is -2.47. The van der Waals surface area contributed by atoms with E-state index in [2.05, 4.69) is 20.9 Å². The highest BCUT2D eigenvalue weighted by molar-refractivity contribution is 6.00. The molecule has 0 spiro atoms. The molecule has 3 aromatic rings. The molecular weight excluding hydrogens is 536 g/mol. The van der Waals surface area contributed by atoms with Gasteiger partial charge in [0.05, 0.1) is 6.61 Å². The fourth-order valence-electron chi connectivity index (χ4n) is 4.99. The van der Waals surface area contributed by atoms with Crippen LogP contribution in [0, 0.1) is 5.92 Å². The summed E-state index contributed by atoms with van der Waals surface area (Å²) in [4.78, 5) is 53.8. The highest BCUT2D eigenvalue weighted by atomic mass is 16.6. The zero-order chi connectivity index (χ0) is 30.3. The molecule has 1 unspecified atom stereocenters. The molecule has 1 aliphatic carbocycles. The first-order chi connectivity index (χ1) is 20.0. The SMILES string of the molecule is CCOC(=O)c1cc2cc(NC(=O)C(Cc3ccc(NC(=O)C4CCCCC4)cc3)NC(=O)OC(C)(C)C)ccc2[nH]1. The molecule has 2 aromatic carbocycles. The first-order valence-corrected chi connectivity index (χ1v) is 14.5. The van der Waals surface area contributed by atoms with Crippen LogP contribution in [0.3, 0.4) is 0 Å². The van der Waals surface area contributed by atoms with E-state index in [1.54, 1.807) is 64.1 Å². The molecule has 4 N–H and O–H groups in total. The Kier molecular flexibility index (Phi) is 9.88. The number of H-pyrrole nitrogens is 1. The summed E-state index contributed by atoms with van der Waals surface area (Å²) in [7, 11) is 0. The summed E-state index contributed by atoms with van der Waals surface area (Å²) in [5, 5.41) is 9.27. The van der Waals surface area contributed by atoms with E-state index in [1.807, 2.05) is 12.1 Å². The van der Waals surface area contributed by atoms with E-state index in [1.165, 1.54) is 6.42 Å². The second-order valence-electron chi connectivity index (χ2n) is 11.6. The van der Waals surface area contributed by atoms with Crippen LogP contribution in [0.15, 0.2) is 48.5 Å². The van der Waals surface area contributed by atoms with Crippen molar-refractivity contribution in [2.24, 2.45) is 5.92 Å². The lowest BCUT2D eigenvalue weighted by molar-refractivity contribution is -0.120. The Morgan fingerprint density at radius 1 is 0.929 bits per heavy atom. The van der Waals surface area contributed by atoms with Gasteiger partial charge in [0.25, 0.3) is 0 Å². The first kappa shape index (κ1) is 30.6. The fraction of sp³-hybridized carbons (Fsp3) is 0.438. The van der Waals surface area contributed by atoms with Gasteiger partial charge in [-0.3, -0.25) is 9.59 Å². The van der Waals surface area contributed by atoms with E-state index >= 15 is 0 Å². The normalized spacial score (nSPS) is 14.6. The van der Waals surface area contributed by atoms with E-state index in [9.17, 15) is 19.2 Å². The number of rotatable bonds is 9. The van der Waals surface area contributed by atoms with Gasteiger partial charge in [0, 0.05) is 34.6 Å². The number of benzene rings is 2. The van der Waals surface area contributed by atoms with Crippen molar-refractivity contribution >= 4 is 46.2 Å². The number of hydrogen-bond donors (Lipinski definition) is 4. The maximum atomic E-state index is 13.4. The van der Waals surface area contributed by atoms with E-state index in [0.717, 1.165) is 42.1 Å². The third-order valence-corrected chi connectivity index (χ3v) is 7.03. The Balaban J connectivity index is 1.46. The van der Waals surface area contributed by atoms with Crippen molar-refractivity contribution in [1.29, 1.82) is 0 Å². The standard InChI is InChI=1S/C32H40N4O6/c1-5-41-30(39)27-19-22-18-24(15-16-25(22)35-27)34-29(38)26(36-31(40)42-32(2,3)4)17-20-11-13-23(14-12-20)33-28(37)21-9-7-6-8-10-21/h11-16,18-19,21,26,35H,5-10,17H2,1-4H3,(H,33,37)(H,34,38)(H,36,40). The summed E-state index contributed by atoms with van der Waals surface area (Å²) in [5.74, 6) is -0.802. The number of ether oxygens (including phenoxy) is 2. The Bertz CT molecular complexity index is 1420. The van der Waals surface area contributed by atoms with Crippen molar-refractivity contribution in [1.82, 2.24) is 10.3 Å². The number of esters is 1. The highest BCUT2D eigenvalue weighted by Gasteiger charge is 2.26. The number of carbonyl (C=O) groups excluding carboxylic acids is 4. The third kappa shape index (κ3) is 8.58. The molecular formula is C32H40N4O6. The summed E-state index contributed by atoms with van der Waals surface area (Å²) in [6.07, 6.45) is 4.67. The number of amides is 3. The molecule has 1 fully saturated rings. The van der Waals surface area contributed by atoms with Crippen LogP contribution in [0.5, 0.6) is 0 Å². The number of anilines is 2. The maximum Gasteiger partial charge on any atom is 0.408 e. The average molecular weight is 577 g/mol. The highest BCUT2D eigenvalue weighted by Crippen LogP contribution is 2.25. The minimum atomic E-state index is -0.945. The molecule has 4 rings (SSSR count). The second kappa shape index (κ2) is 13.5. The Hall–Kier alpha value is -4.34. The number of alkyl carbamates (subject to hydrolysis) is 1. The number of aromatic nitrogens is 1. The molecule has 10 heteroatoms. The quantitative estimate of drug-likeness (QED) is 0.233. The molecule has 0 saturated heterocycles. The minimum Gasteiger partial charge on any atom is -0.461 e. The van der Waals surface area contributed by atoms with Crippen LogP contribution in [0.2, 0.25) is 0 Å². The summed E-state index contributed by atoms with van der Waals surface area (Å²) in [5.41, 5.74) is 2.28. The molecule has 0 bridgehead atoms. The summed E-state index contributed by atoms with van der Waals surface area (Å²) >= 11 is 0. The Morgan fingerprint density at radius 3 is 2.29 bits per heavy atom. The van der Waals surface area contributed by atoms with Gasteiger partial charge in [-0.15, -0.1) is 0 Å². The molecule has 0 radical (unpaired) electrons. The summed E-state index contributed by atoms with van der Waals surface area (Å²) in [6, 6.07) is 13.2. The lowest BCUT2D eigenvalue weighted by atomic mass is 9.88. The molecule has 1 aliphatic rings.